The van der Waals surface area contributed by atoms with Crippen LogP contribution in [0.4, 0.5) is 21.0 Å². The number of hydrogen-bond donors (Lipinski definition) is 2. The first-order chi connectivity index (χ1) is 34.7. The molecule has 19 heteroatoms. The van der Waals surface area contributed by atoms with Crippen LogP contribution in [0.15, 0.2) is 126 Å². The number of amides is 2. The monoisotopic (exact) mass is 1050 g/mol. The first-order valence-electron chi connectivity index (χ1n) is 21.7. The van der Waals surface area contributed by atoms with Crippen LogP contribution in [0.25, 0.3) is 11.1 Å². The molecule has 1 aliphatic rings. The number of carbonyl (C=O) groups excluding carboxylic acids is 6. The molecule has 0 saturated carbocycles. The van der Waals surface area contributed by atoms with Crippen LogP contribution >= 0.6 is 15.9 Å². The van der Waals surface area contributed by atoms with Crippen LogP contribution in [0.3, 0.4) is 0 Å². The van der Waals surface area contributed by atoms with Gasteiger partial charge in [-0.3, -0.25) is 15.4 Å². The number of hydrogen-bond acceptors (Lipinski definition) is 15. The van der Waals surface area contributed by atoms with Gasteiger partial charge < -0.3 is 23.5 Å². The summed E-state index contributed by atoms with van der Waals surface area (Å²) in [4.78, 5) is 63.1. The summed E-state index contributed by atoms with van der Waals surface area (Å²) in [7, 11) is 3.54. The molecule has 1 fully saturated rings. The van der Waals surface area contributed by atoms with Gasteiger partial charge in [0.2, 0.25) is 5.88 Å². The molecule has 2 aromatic heterocycles. The van der Waals surface area contributed by atoms with E-state index in [1.807, 2.05) is 91.9 Å². The Morgan fingerprint density at radius 2 is 0.945 bits per heavy atom. The Balaban J connectivity index is 0.000000287. The van der Waals surface area contributed by atoms with Crippen molar-refractivity contribution in [2.45, 2.75) is 59.7 Å². The van der Waals surface area contributed by atoms with Crippen molar-refractivity contribution in [3.05, 3.63) is 165 Å². The van der Waals surface area contributed by atoms with Crippen molar-refractivity contribution in [1.82, 2.24) is 9.97 Å². The van der Waals surface area contributed by atoms with Crippen molar-refractivity contribution in [2.75, 3.05) is 31.5 Å². The van der Waals surface area contributed by atoms with Gasteiger partial charge >= 0.3 is 31.6 Å². The fourth-order valence-electron chi connectivity index (χ4n) is 5.92. The fraction of sp³-hybridized carbons (Fsp3) is 0.222. The van der Waals surface area contributed by atoms with E-state index in [0.29, 0.717) is 26.0 Å². The maximum Gasteiger partial charge on any atom is 0.494 e. The summed E-state index contributed by atoms with van der Waals surface area (Å²) in [5.41, 5.74) is 9.23. The third-order valence-corrected chi connectivity index (χ3v) is 11.5. The van der Waals surface area contributed by atoms with E-state index in [2.05, 4.69) is 106 Å². The summed E-state index contributed by atoms with van der Waals surface area (Å²) >= 11 is 3.23. The van der Waals surface area contributed by atoms with Crippen LogP contribution in [0, 0.1) is 44.5 Å². The van der Waals surface area contributed by atoms with Crippen molar-refractivity contribution < 1.29 is 62.7 Å². The number of pyridine rings is 2. The molecule has 0 radical (unpaired) electrons. The second-order valence-corrected chi connectivity index (χ2v) is 17.1. The van der Waals surface area contributed by atoms with Crippen LogP contribution in [-0.2, 0) is 38.0 Å². The molecule has 17 nitrogen and oxygen atoms in total. The zero-order chi connectivity index (χ0) is 54.3. The van der Waals surface area contributed by atoms with E-state index in [9.17, 15) is 20.0 Å². The van der Waals surface area contributed by atoms with E-state index < -0.39 is 12.2 Å². The molecule has 1 aliphatic heterocycles. The van der Waals surface area contributed by atoms with Crippen molar-refractivity contribution in [2.24, 2.45) is 0 Å². The van der Waals surface area contributed by atoms with Crippen LogP contribution < -0.4 is 20.3 Å². The van der Waals surface area contributed by atoms with Crippen molar-refractivity contribution >= 4 is 64.4 Å². The van der Waals surface area contributed by atoms with Crippen LogP contribution in [0.5, 0.6) is 5.88 Å². The largest absolute Gasteiger partial charge is 0.494 e. The predicted molar refractivity (Wildman–Crippen MR) is 273 cm³/mol. The van der Waals surface area contributed by atoms with Gasteiger partial charge in [-0.05, 0) is 136 Å². The number of halogens is 1. The van der Waals surface area contributed by atoms with Gasteiger partial charge in [0, 0.05) is 32.3 Å². The highest BCUT2D eigenvalue weighted by Crippen LogP contribution is 2.36. The molecule has 3 heterocycles. The Morgan fingerprint density at radius 1 is 0.589 bits per heavy atom. The van der Waals surface area contributed by atoms with E-state index in [-0.39, 0.29) is 42.0 Å². The topological polar surface area (TPSA) is 221 Å². The Labute approximate surface area is 432 Å². The van der Waals surface area contributed by atoms with Gasteiger partial charge in [0.25, 0.3) is 0 Å². The minimum atomic E-state index is -0.912. The number of anilines is 2. The highest BCUT2D eigenvalue weighted by atomic mass is 79.9. The third kappa shape index (κ3) is 17.9. The molecular formula is C54H52BBrN4O13. The molecule has 1 saturated heterocycles. The Morgan fingerprint density at radius 3 is 1.32 bits per heavy atom. The summed E-state index contributed by atoms with van der Waals surface area (Å²) in [5, 5.41) is 20.0. The molecule has 0 atom stereocenters. The summed E-state index contributed by atoms with van der Waals surface area (Å²) < 4.78 is 27.0. The number of benzene rings is 4. The molecular weight excluding hydrogens is 1000 g/mol. The maximum atomic E-state index is 11.5. The summed E-state index contributed by atoms with van der Waals surface area (Å²) in [5.74, 6) is 13.0. The van der Waals surface area contributed by atoms with Crippen molar-refractivity contribution in [3.8, 4) is 40.7 Å². The molecule has 0 unspecified atom stereocenters. The molecule has 0 aliphatic carbocycles. The second kappa shape index (κ2) is 28.6. The number of nitrogens with zero attached hydrogens (tertiary/aromatic N) is 4. The SMILES string of the molecule is COC(=O)N(O)c1cnc(C)c(Br)c1.COC(=O)N(O)c1cnc(OC)c(-c2ccc(C#Cc3ccc(C)cc3)cc2)c1.Cc1ccc(C#Cc2ccc(B3OC(C)(C)C(C)(C)O3)cc2)cc1.O=C=O.O=C=O. The van der Waals surface area contributed by atoms with E-state index in [1.165, 1.54) is 44.8 Å². The minimum absolute atomic E-state index is 0.163. The van der Waals surface area contributed by atoms with Gasteiger partial charge in [-0.2, -0.15) is 29.3 Å². The molecule has 0 spiro atoms. The Kier molecular flexibility index (Phi) is 23.1. The summed E-state index contributed by atoms with van der Waals surface area (Å²) in [6.07, 6.45) is 1.42. The average Bonchev–Trinajstić information content (AvgIpc) is 3.61. The lowest BCUT2D eigenvalue weighted by Crippen LogP contribution is -2.41. The van der Waals surface area contributed by atoms with Crippen molar-refractivity contribution in [1.29, 1.82) is 0 Å². The normalized spacial score (nSPS) is 12.0. The summed E-state index contributed by atoms with van der Waals surface area (Å²) in [6.45, 7) is 14.2. The molecule has 6 aromatic rings. The fourth-order valence-corrected chi connectivity index (χ4v) is 6.26. The van der Waals surface area contributed by atoms with Gasteiger partial charge in [-0.15, -0.1) is 0 Å². The lowest BCUT2D eigenvalue weighted by Gasteiger charge is -2.32. The number of aryl methyl sites for hydroxylation is 3. The smallest absolute Gasteiger partial charge is 0.481 e. The van der Waals surface area contributed by atoms with Gasteiger partial charge in [0.1, 0.15) is 0 Å². The second-order valence-electron chi connectivity index (χ2n) is 16.3. The minimum Gasteiger partial charge on any atom is -0.481 e. The molecule has 376 valence electrons. The zero-order valence-electron chi connectivity index (χ0n) is 41.7. The van der Waals surface area contributed by atoms with Gasteiger partial charge in [0.15, 0.2) is 0 Å². The highest BCUT2D eigenvalue weighted by molar-refractivity contribution is 9.10. The Bertz CT molecular complexity index is 2960. The number of methoxy groups -OCH3 is 3. The number of aromatic nitrogens is 2. The van der Waals surface area contributed by atoms with E-state index >= 15 is 0 Å². The maximum absolute atomic E-state index is 11.5. The lowest BCUT2D eigenvalue weighted by atomic mass is 9.79. The highest BCUT2D eigenvalue weighted by Gasteiger charge is 2.51. The molecule has 7 rings (SSSR count). The predicted octanol–water partition coefficient (Wildman–Crippen LogP) is 9.07. The first-order valence-corrected chi connectivity index (χ1v) is 22.5. The molecule has 4 aromatic carbocycles. The van der Waals surface area contributed by atoms with Gasteiger partial charge in [0.05, 0.1) is 62.0 Å². The number of rotatable bonds is 5. The average molecular weight is 1060 g/mol. The first kappa shape index (κ1) is 59.1. The van der Waals surface area contributed by atoms with Crippen LogP contribution in [-0.4, -0.2) is 84.5 Å². The standard InChI is InChI=1S/C23H20N2O4.C21H23BO2.C8H9BrN2O3.2CO2/c1-16-4-6-17(7-5-16)8-9-18-10-12-19(13-11-18)21-14-20(15-24-22(21)28-2)25(27)23(26)29-3;1-16-6-8-17(9-7-16)10-11-18-12-14-19(15-13-18)22-23-20(2,3)21(4,5)24-22;1-5-7(9)3-6(4-10-5)11(13)8(12)14-2;2*2-1-3/h4-7,10-15,27H,1-3H3;6-9,12-15H,1-5H3;3-4,13H,1-2H3;;. The van der Waals surface area contributed by atoms with Gasteiger partial charge in [-0.25, -0.2) is 14.6 Å². The lowest BCUT2D eigenvalue weighted by molar-refractivity contribution is -0.193. The van der Waals surface area contributed by atoms with E-state index in [0.717, 1.165) is 39.0 Å². The zero-order valence-corrected chi connectivity index (χ0v) is 43.3. The molecule has 2 amide bonds. The molecule has 0 bridgehead atoms. The quantitative estimate of drug-likeness (QED) is 0.0712. The van der Waals surface area contributed by atoms with E-state index in [1.54, 1.807) is 19.1 Å². The van der Waals surface area contributed by atoms with Crippen LogP contribution in [0.1, 0.15) is 66.8 Å². The third-order valence-electron chi connectivity index (χ3n) is 10.7. The van der Waals surface area contributed by atoms with Crippen LogP contribution in [0.2, 0.25) is 0 Å². The van der Waals surface area contributed by atoms with Gasteiger partial charge in [-0.1, -0.05) is 83.3 Å². The van der Waals surface area contributed by atoms with Crippen molar-refractivity contribution in [3.63, 3.8) is 0 Å². The number of ether oxygens (including phenoxy) is 3. The summed E-state index contributed by atoms with van der Waals surface area (Å²) in [6, 6.07) is 35.0. The van der Waals surface area contributed by atoms with E-state index in [4.69, 9.17) is 33.2 Å². The molecule has 2 N–H and O–H groups in total. The Hall–Kier alpha value is -8.22. The number of carbonyl (C=O) groups is 2. The number of hydroxylamine groups is 2. The molecule has 73 heavy (non-hydrogen) atoms.